The second kappa shape index (κ2) is 3.43. The van der Waals surface area contributed by atoms with E-state index in [1.165, 1.54) is 0 Å². The van der Waals surface area contributed by atoms with Crippen molar-refractivity contribution in [2.45, 2.75) is 0 Å². The van der Waals surface area contributed by atoms with Crippen molar-refractivity contribution in [2.75, 3.05) is 5.48 Å². The third-order valence-electron chi connectivity index (χ3n) is 2.06. The Kier molecular flexibility index (Phi) is 2.12. The molecule has 2 N–H and O–H groups in total. The number of hydrogen-bond donors (Lipinski definition) is 2. The van der Waals surface area contributed by atoms with Gasteiger partial charge in [-0.3, -0.25) is 10.7 Å². The summed E-state index contributed by atoms with van der Waals surface area (Å²) in [6.07, 6.45) is 0. The lowest BCUT2D eigenvalue weighted by Gasteiger charge is -2.01. The van der Waals surface area contributed by atoms with E-state index < -0.39 is 0 Å². The summed E-state index contributed by atoms with van der Waals surface area (Å²) in [7, 11) is 0. The molecule has 2 aromatic carbocycles. The fourth-order valence-corrected chi connectivity index (χ4v) is 1.36. The minimum absolute atomic E-state index is 0.405. The quantitative estimate of drug-likeness (QED) is 0.562. The first-order valence-electron chi connectivity index (χ1n) is 4.11. The predicted molar refractivity (Wildman–Crippen MR) is 54.8 cm³/mol. The van der Waals surface area contributed by atoms with Crippen molar-refractivity contribution in [2.24, 2.45) is 5.18 Å². The van der Waals surface area contributed by atoms with Gasteiger partial charge in [-0.15, -0.1) is 4.91 Å². The van der Waals surface area contributed by atoms with Gasteiger partial charge in [-0.05, 0) is 40.2 Å². The van der Waals surface area contributed by atoms with E-state index in [0.29, 0.717) is 11.4 Å². The Bertz CT molecular complexity index is 483. The van der Waals surface area contributed by atoms with Crippen molar-refractivity contribution in [1.29, 1.82) is 0 Å². The standard InChI is InChI=1S/C10H8N2O2/c13-11-9-3-1-7-5-10(12-14)4-2-8(7)6-9/h1-6,11,13H. The SMILES string of the molecule is O=Nc1ccc2cc(NO)ccc2c1. The molecule has 0 radical (unpaired) electrons. The Morgan fingerprint density at radius 1 is 1.07 bits per heavy atom. The first-order valence-corrected chi connectivity index (χ1v) is 4.11. The van der Waals surface area contributed by atoms with Crippen LogP contribution in [-0.2, 0) is 0 Å². The summed E-state index contributed by atoms with van der Waals surface area (Å²) in [6.45, 7) is 0. The van der Waals surface area contributed by atoms with E-state index in [2.05, 4.69) is 10.7 Å². The van der Waals surface area contributed by atoms with E-state index >= 15 is 0 Å². The number of hydrogen-bond acceptors (Lipinski definition) is 4. The van der Waals surface area contributed by atoms with Crippen molar-refractivity contribution in [1.82, 2.24) is 0 Å². The summed E-state index contributed by atoms with van der Waals surface area (Å²) in [5, 5.41) is 13.4. The highest BCUT2D eigenvalue weighted by atomic mass is 16.5. The summed E-state index contributed by atoms with van der Waals surface area (Å²) in [4.78, 5) is 10.3. The van der Waals surface area contributed by atoms with Crippen LogP contribution in [0.25, 0.3) is 10.8 Å². The van der Waals surface area contributed by atoms with Gasteiger partial charge in [-0.2, -0.15) is 0 Å². The van der Waals surface area contributed by atoms with Gasteiger partial charge in [0.15, 0.2) is 0 Å². The van der Waals surface area contributed by atoms with Crippen LogP contribution in [0.4, 0.5) is 11.4 Å². The van der Waals surface area contributed by atoms with E-state index in [1.54, 1.807) is 30.3 Å². The zero-order chi connectivity index (χ0) is 9.97. The maximum Gasteiger partial charge on any atom is 0.108 e. The molecule has 4 heteroatoms. The Morgan fingerprint density at radius 2 is 1.79 bits per heavy atom. The van der Waals surface area contributed by atoms with Crippen LogP contribution in [0.2, 0.25) is 0 Å². The van der Waals surface area contributed by atoms with Crippen LogP contribution in [0.5, 0.6) is 0 Å². The molecule has 0 aliphatic rings. The molecule has 70 valence electrons. The molecule has 0 aliphatic heterocycles. The second-order valence-corrected chi connectivity index (χ2v) is 2.95. The minimum Gasteiger partial charge on any atom is -0.291 e. The van der Waals surface area contributed by atoms with Gasteiger partial charge in [-0.25, -0.2) is 0 Å². The zero-order valence-corrected chi connectivity index (χ0v) is 7.27. The van der Waals surface area contributed by atoms with E-state index in [-0.39, 0.29) is 0 Å². The summed E-state index contributed by atoms with van der Waals surface area (Å²) in [5.74, 6) is 0. The van der Waals surface area contributed by atoms with Gasteiger partial charge >= 0.3 is 0 Å². The molecule has 0 spiro atoms. The number of anilines is 1. The van der Waals surface area contributed by atoms with Crippen LogP contribution in [0.3, 0.4) is 0 Å². The van der Waals surface area contributed by atoms with Crippen LogP contribution in [0.1, 0.15) is 0 Å². The summed E-state index contributed by atoms with van der Waals surface area (Å²) < 4.78 is 0. The van der Waals surface area contributed by atoms with Crippen molar-refractivity contribution >= 4 is 22.1 Å². The molecule has 2 rings (SSSR count). The van der Waals surface area contributed by atoms with Gasteiger partial charge in [0, 0.05) is 0 Å². The zero-order valence-electron chi connectivity index (χ0n) is 7.27. The number of benzene rings is 2. The maximum atomic E-state index is 10.3. The van der Waals surface area contributed by atoms with Gasteiger partial charge < -0.3 is 0 Å². The monoisotopic (exact) mass is 188 g/mol. The molecule has 0 amide bonds. The fraction of sp³-hybridized carbons (Fsp3) is 0. The third-order valence-corrected chi connectivity index (χ3v) is 2.06. The minimum atomic E-state index is 0.405. The molecule has 0 atom stereocenters. The van der Waals surface area contributed by atoms with Gasteiger partial charge in [-0.1, -0.05) is 12.1 Å². The first-order chi connectivity index (χ1) is 6.83. The molecular formula is C10H8N2O2. The molecule has 0 unspecified atom stereocenters. The molecule has 0 saturated carbocycles. The average Bonchev–Trinajstić information content (AvgIpc) is 2.27. The summed E-state index contributed by atoms with van der Waals surface area (Å²) >= 11 is 0. The summed E-state index contributed by atoms with van der Waals surface area (Å²) in [6, 6.07) is 10.4. The van der Waals surface area contributed by atoms with Crippen molar-refractivity contribution < 1.29 is 5.21 Å². The first kappa shape index (κ1) is 8.65. The van der Waals surface area contributed by atoms with E-state index in [1.807, 2.05) is 6.07 Å². The van der Waals surface area contributed by atoms with Gasteiger partial charge in [0.25, 0.3) is 0 Å². The lowest BCUT2D eigenvalue weighted by atomic mass is 10.1. The topological polar surface area (TPSA) is 61.7 Å². The van der Waals surface area contributed by atoms with Crippen LogP contribution >= 0.6 is 0 Å². The largest absolute Gasteiger partial charge is 0.291 e. The van der Waals surface area contributed by atoms with E-state index in [9.17, 15) is 4.91 Å². The van der Waals surface area contributed by atoms with Crippen LogP contribution < -0.4 is 5.48 Å². The van der Waals surface area contributed by atoms with Crippen molar-refractivity contribution in [3.8, 4) is 0 Å². The second-order valence-electron chi connectivity index (χ2n) is 2.95. The Hall–Kier alpha value is -1.94. The van der Waals surface area contributed by atoms with Crippen LogP contribution in [-0.4, -0.2) is 5.21 Å². The van der Waals surface area contributed by atoms with Crippen molar-refractivity contribution in [3.05, 3.63) is 41.3 Å². The smallest absolute Gasteiger partial charge is 0.108 e. The maximum absolute atomic E-state index is 10.3. The van der Waals surface area contributed by atoms with E-state index in [4.69, 9.17) is 5.21 Å². The number of fused-ring (bicyclic) bond motifs is 1. The number of nitrogens with one attached hydrogen (secondary N) is 1. The third kappa shape index (κ3) is 1.43. The molecule has 0 aromatic heterocycles. The number of nitrogens with zero attached hydrogens (tertiary/aromatic N) is 1. The highest BCUT2D eigenvalue weighted by molar-refractivity contribution is 5.87. The molecular weight excluding hydrogens is 180 g/mol. The number of rotatable bonds is 2. The number of nitroso groups, excluding NO2 is 1. The predicted octanol–water partition coefficient (Wildman–Crippen LogP) is 3.04. The van der Waals surface area contributed by atoms with E-state index in [0.717, 1.165) is 10.8 Å². The summed E-state index contributed by atoms with van der Waals surface area (Å²) in [5.41, 5.74) is 3.08. The van der Waals surface area contributed by atoms with Crippen LogP contribution in [0, 0.1) is 4.91 Å². The Balaban J connectivity index is 2.63. The van der Waals surface area contributed by atoms with Crippen LogP contribution in [0.15, 0.2) is 41.6 Å². The molecule has 2 aromatic rings. The van der Waals surface area contributed by atoms with Gasteiger partial charge in [0.05, 0.1) is 5.69 Å². The lowest BCUT2D eigenvalue weighted by molar-refractivity contribution is 0.389. The molecule has 0 heterocycles. The molecule has 4 nitrogen and oxygen atoms in total. The Labute approximate surface area is 80.1 Å². The molecule has 14 heavy (non-hydrogen) atoms. The average molecular weight is 188 g/mol. The molecule has 0 saturated heterocycles. The molecule has 0 bridgehead atoms. The van der Waals surface area contributed by atoms with Crippen molar-refractivity contribution in [3.63, 3.8) is 0 Å². The van der Waals surface area contributed by atoms with Gasteiger partial charge in [0.1, 0.15) is 5.69 Å². The Morgan fingerprint density at radius 3 is 2.50 bits per heavy atom. The molecule has 0 aliphatic carbocycles. The normalized spacial score (nSPS) is 10.1. The lowest BCUT2D eigenvalue weighted by Crippen LogP contribution is -1.87. The van der Waals surface area contributed by atoms with Gasteiger partial charge in [0.2, 0.25) is 0 Å². The molecule has 0 fully saturated rings. The highest BCUT2D eigenvalue weighted by Gasteiger charge is 1.97. The fourth-order valence-electron chi connectivity index (χ4n) is 1.36. The highest BCUT2D eigenvalue weighted by Crippen LogP contribution is 2.23.